The van der Waals surface area contributed by atoms with Crippen LogP contribution in [0.15, 0.2) is 55.5 Å². The van der Waals surface area contributed by atoms with Gasteiger partial charge in [0.1, 0.15) is 16.4 Å². The fourth-order valence-corrected chi connectivity index (χ4v) is 5.11. The summed E-state index contributed by atoms with van der Waals surface area (Å²) in [5.41, 5.74) is 1.57. The molecule has 2 N–H and O–H groups in total. The molecule has 0 unspecified atom stereocenters. The number of thioether (sulfide) groups is 1. The Balaban J connectivity index is 1.99. The average Bonchev–Trinajstić information content (AvgIpc) is 2.87. The van der Waals surface area contributed by atoms with Crippen LogP contribution in [0, 0.1) is 6.92 Å². The molecule has 3 rings (SSSR count). The second-order valence-corrected chi connectivity index (χ2v) is 10.1. The molecule has 0 aliphatic heterocycles. The van der Waals surface area contributed by atoms with Crippen molar-refractivity contribution < 1.29 is 14.6 Å². The van der Waals surface area contributed by atoms with Gasteiger partial charge in [-0.2, -0.15) is 0 Å². The van der Waals surface area contributed by atoms with E-state index < -0.39 is 17.1 Å². The number of hydrogen-bond acceptors (Lipinski definition) is 7. The summed E-state index contributed by atoms with van der Waals surface area (Å²) >= 11 is 4.48. The lowest BCUT2D eigenvalue weighted by Gasteiger charge is -2.15. The van der Waals surface area contributed by atoms with Crippen LogP contribution in [0.1, 0.15) is 30.5 Å². The summed E-state index contributed by atoms with van der Waals surface area (Å²) in [5.74, 6) is -0.249. The molecule has 0 saturated heterocycles. The molecule has 1 heterocycles. The maximum Gasteiger partial charge on any atom is 0.333 e. The second kappa shape index (κ2) is 12.3. The van der Waals surface area contributed by atoms with Gasteiger partial charge in [-0.05, 0) is 67.8 Å². The highest BCUT2D eigenvalue weighted by Gasteiger charge is 2.22. The van der Waals surface area contributed by atoms with Crippen molar-refractivity contribution in [2.75, 3.05) is 17.7 Å². The third-order valence-corrected chi connectivity index (χ3v) is 7.03. The maximum atomic E-state index is 13.0. The van der Waals surface area contributed by atoms with Crippen molar-refractivity contribution >= 4 is 50.0 Å². The van der Waals surface area contributed by atoms with Gasteiger partial charge in [-0.1, -0.05) is 34.6 Å². The Morgan fingerprint density at radius 2 is 1.81 bits per heavy atom. The van der Waals surface area contributed by atoms with Crippen LogP contribution in [-0.2, 0) is 25.3 Å². The molecule has 2 aromatic carbocycles. The Morgan fingerprint density at radius 3 is 2.43 bits per heavy atom. The van der Waals surface area contributed by atoms with Crippen molar-refractivity contribution in [2.45, 2.75) is 27.2 Å². The van der Waals surface area contributed by atoms with Gasteiger partial charge in [-0.25, -0.2) is 9.79 Å². The van der Waals surface area contributed by atoms with Gasteiger partial charge in [0.2, 0.25) is 11.8 Å². The summed E-state index contributed by atoms with van der Waals surface area (Å²) in [6.07, 6.45) is 0.732. The van der Waals surface area contributed by atoms with Gasteiger partial charge in [0.25, 0.3) is 5.56 Å². The molecule has 11 heteroatoms. The molecule has 0 spiro atoms. The SMILES string of the molecule is CCOc1ccc(N=C(SCC(=O)Nc2c(C)cc(Br)cc2CC)c2c(O)n(C)c(=O)n(C)c2=O)cc1. The van der Waals surface area contributed by atoms with Crippen LogP contribution < -0.4 is 21.3 Å². The average molecular weight is 590 g/mol. The van der Waals surface area contributed by atoms with Gasteiger partial charge >= 0.3 is 5.69 Å². The smallest absolute Gasteiger partial charge is 0.333 e. The molecular formula is C26H29BrN4O5S. The molecule has 9 nitrogen and oxygen atoms in total. The molecule has 1 aromatic heterocycles. The topological polar surface area (TPSA) is 115 Å². The zero-order valence-electron chi connectivity index (χ0n) is 21.3. The quantitative estimate of drug-likeness (QED) is 0.300. The Hall–Kier alpha value is -3.31. The third kappa shape index (κ3) is 6.53. The number of aryl methyl sites for hydroxylation is 2. The number of anilines is 1. The van der Waals surface area contributed by atoms with Gasteiger partial charge in [-0.15, -0.1) is 0 Å². The standard InChI is InChI=1S/C26H29BrN4O5S/c1-6-16-13-17(27)12-15(3)22(16)29-20(32)14-37-23(28-18-8-10-19(11-9-18)36-7-2)21-24(33)30(4)26(35)31(5)25(21)34/h8-13,33H,6-7,14H2,1-5H3,(H,29,32). The molecule has 0 bridgehead atoms. The van der Waals surface area contributed by atoms with E-state index >= 15 is 0 Å². The first-order valence-corrected chi connectivity index (χ1v) is 13.4. The third-order valence-electron chi connectivity index (χ3n) is 5.59. The summed E-state index contributed by atoms with van der Waals surface area (Å²) in [7, 11) is 2.68. The van der Waals surface area contributed by atoms with E-state index in [4.69, 9.17) is 4.74 Å². The summed E-state index contributed by atoms with van der Waals surface area (Å²) in [5, 5.41) is 13.8. The van der Waals surface area contributed by atoms with Gasteiger partial charge in [0, 0.05) is 24.3 Å². The van der Waals surface area contributed by atoms with Crippen molar-refractivity contribution in [3.63, 3.8) is 0 Å². The molecule has 0 saturated carbocycles. The Kier molecular flexibility index (Phi) is 9.39. The first kappa shape index (κ1) is 28.3. The number of carbonyl (C=O) groups excluding carboxylic acids is 1. The Morgan fingerprint density at radius 1 is 1.14 bits per heavy atom. The number of carbonyl (C=O) groups is 1. The van der Waals surface area contributed by atoms with Gasteiger partial charge < -0.3 is 15.2 Å². The molecule has 0 aliphatic carbocycles. The van der Waals surface area contributed by atoms with Crippen LogP contribution in [0.4, 0.5) is 11.4 Å². The summed E-state index contributed by atoms with van der Waals surface area (Å²) < 4.78 is 8.25. The van der Waals surface area contributed by atoms with Crippen LogP contribution >= 0.6 is 27.7 Å². The Labute approximate surface area is 227 Å². The number of nitrogens with one attached hydrogen (secondary N) is 1. The molecule has 0 fully saturated rings. The number of hydrogen-bond donors (Lipinski definition) is 2. The van der Waals surface area contributed by atoms with E-state index in [1.54, 1.807) is 24.3 Å². The lowest BCUT2D eigenvalue weighted by molar-refractivity contribution is -0.113. The normalized spacial score (nSPS) is 11.5. The van der Waals surface area contributed by atoms with E-state index in [-0.39, 0.29) is 22.3 Å². The highest BCUT2D eigenvalue weighted by atomic mass is 79.9. The van der Waals surface area contributed by atoms with Crippen LogP contribution in [0.2, 0.25) is 0 Å². The lowest BCUT2D eigenvalue weighted by Crippen LogP contribution is -2.39. The van der Waals surface area contributed by atoms with Gasteiger partial charge in [-0.3, -0.25) is 18.7 Å². The number of ether oxygens (including phenoxy) is 1. The largest absolute Gasteiger partial charge is 0.494 e. The minimum absolute atomic E-state index is 0.0834. The number of aliphatic imine (C=N–C) groups is 1. The monoisotopic (exact) mass is 588 g/mol. The molecule has 1 amide bonds. The number of rotatable bonds is 8. The van der Waals surface area contributed by atoms with E-state index in [0.717, 1.165) is 48.6 Å². The molecule has 196 valence electrons. The molecule has 0 atom stereocenters. The summed E-state index contributed by atoms with van der Waals surface area (Å²) in [6, 6.07) is 10.8. The molecule has 37 heavy (non-hydrogen) atoms. The van der Waals surface area contributed by atoms with Crippen LogP contribution in [-0.4, -0.2) is 37.6 Å². The van der Waals surface area contributed by atoms with Gasteiger partial charge in [0.05, 0.1) is 18.0 Å². The minimum Gasteiger partial charge on any atom is -0.494 e. The maximum absolute atomic E-state index is 13.0. The Bertz CT molecular complexity index is 1460. The van der Waals surface area contributed by atoms with E-state index in [2.05, 4.69) is 26.2 Å². The van der Waals surface area contributed by atoms with E-state index in [9.17, 15) is 19.5 Å². The zero-order valence-corrected chi connectivity index (χ0v) is 23.7. The van der Waals surface area contributed by atoms with E-state index in [1.807, 2.05) is 32.9 Å². The predicted molar refractivity (Wildman–Crippen MR) is 152 cm³/mol. The van der Waals surface area contributed by atoms with Crippen LogP contribution in [0.3, 0.4) is 0 Å². The van der Waals surface area contributed by atoms with Crippen molar-refractivity contribution in [1.29, 1.82) is 0 Å². The fraction of sp³-hybridized carbons (Fsp3) is 0.308. The summed E-state index contributed by atoms with van der Waals surface area (Å²) in [6.45, 7) is 6.31. The fourth-order valence-electron chi connectivity index (χ4n) is 3.66. The lowest BCUT2D eigenvalue weighted by atomic mass is 10.1. The highest BCUT2D eigenvalue weighted by Crippen LogP contribution is 2.28. The zero-order chi connectivity index (χ0) is 27.3. The van der Waals surface area contributed by atoms with E-state index in [0.29, 0.717) is 18.0 Å². The van der Waals surface area contributed by atoms with Crippen molar-refractivity contribution in [3.05, 3.63) is 78.4 Å². The second-order valence-electron chi connectivity index (χ2n) is 8.20. The first-order valence-electron chi connectivity index (χ1n) is 11.6. The molecule has 0 radical (unpaired) electrons. The number of amides is 1. The minimum atomic E-state index is -0.713. The first-order chi connectivity index (χ1) is 17.6. The van der Waals surface area contributed by atoms with Crippen molar-refractivity contribution in [3.8, 4) is 11.6 Å². The number of aromatic nitrogens is 2. The summed E-state index contributed by atoms with van der Waals surface area (Å²) in [4.78, 5) is 42.8. The van der Waals surface area contributed by atoms with Gasteiger partial charge in [0.15, 0.2) is 0 Å². The molecular weight excluding hydrogens is 560 g/mol. The highest BCUT2D eigenvalue weighted by molar-refractivity contribution is 9.10. The number of halogens is 1. The van der Waals surface area contributed by atoms with Crippen molar-refractivity contribution in [1.82, 2.24) is 9.13 Å². The number of nitrogens with zero attached hydrogens (tertiary/aromatic N) is 3. The van der Waals surface area contributed by atoms with Crippen LogP contribution in [0.5, 0.6) is 11.6 Å². The number of benzene rings is 2. The van der Waals surface area contributed by atoms with Crippen LogP contribution in [0.25, 0.3) is 0 Å². The number of aromatic hydroxyl groups is 1. The van der Waals surface area contributed by atoms with Crippen molar-refractivity contribution in [2.24, 2.45) is 19.1 Å². The predicted octanol–water partition coefficient (Wildman–Crippen LogP) is 4.27. The van der Waals surface area contributed by atoms with E-state index in [1.165, 1.54) is 14.1 Å². The molecule has 3 aromatic rings. The molecule has 0 aliphatic rings.